The number of amides is 2. The lowest BCUT2D eigenvalue weighted by Crippen LogP contribution is -2.54. The van der Waals surface area contributed by atoms with Gasteiger partial charge in [0.15, 0.2) is 0 Å². The number of nitrogens with zero attached hydrogens (tertiary/aromatic N) is 1. The van der Waals surface area contributed by atoms with Gasteiger partial charge in [-0.3, -0.25) is 0 Å². The van der Waals surface area contributed by atoms with Crippen LogP contribution in [0.3, 0.4) is 0 Å². The second kappa shape index (κ2) is 6.22. The van der Waals surface area contributed by atoms with E-state index >= 15 is 0 Å². The Bertz CT molecular complexity index is 455. The minimum Gasteiger partial charge on any atom is -0.337 e. The molecule has 0 bridgehead atoms. The Morgan fingerprint density at radius 2 is 1.95 bits per heavy atom. The highest BCUT2D eigenvalue weighted by Gasteiger charge is 2.39. The van der Waals surface area contributed by atoms with Crippen LogP contribution in [-0.2, 0) is 5.54 Å². The molecule has 0 spiro atoms. The predicted molar refractivity (Wildman–Crippen MR) is 77.0 cm³/mol. The average Bonchev–Trinajstić information content (AvgIpc) is 2.34. The van der Waals surface area contributed by atoms with Crippen molar-refractivity contribution in [3.05, 3.63) is 35.6 Å². The van der Waals surface area contributed by atoms with Gasteiger partial charge in [0.25, 0.3) is 0 Å². The van der Waals surface area contributed by atoms with Crippen LogP contribution in [0.4, 0.5) is 9.18 Å². The second-order valence-electron chi connectivity index (χ2n) is 5.63. The first-order valence-electron chi connectivity index (χ1n) is 6.99. The van der Waals surface area contributed by atoms with Crippen LogP contribution in [0.2, 0.25) is 0 Å². The third kappa shape index (κ3) is 3.48. The summed E-state index contributed by atoms with van der Waals surface area (Å²) >= 11 is 0. The first-order valence-corrected chi connectivity index (χ1v) is 6.99. The van der Waals surface area contributed by atoms with Gasteiger partial charge in [0, 0.05) is 13.1 Å². The van der Waals surface area contributed by atoms with Gasteiger partial charge in [-0.2, -0.15) is 0 Å². The number of benzene rings is 1. The van der Waals surface area contributed by atoms with E-state index in [9.17, 15) is 9.18 Å². The fourth-order valence-corrected chi connectivity index (χ4v) is 2.44. The number of carbonyl (C=O) groups excluding carboxylic acids is 1. The van der Waals surface area contributed by atoms with Gasteiger partial charge in [0.2, 0.25) is 0 Å². The quantitative estimate of drug-likeness (QED) is 0.866. The molecule has 1 aromatic carbocycles. The topological polar surface area (TPSA) is 44.4 Å². The van der Waals surface area contributed by atoms with Crippen LogP contribution in [0, 0.1) is 5.82 Å². The van der Waals surface area contributed by atoms with Crippen LogP contribution in [0.25, 0.3) is 0 Å². The van der Waals surface area contributed by atoms with Crippen molar-refractivity contribution in [2.45, 2.75) is 24.8 Å². The normalized spacial score (nSPS) is 16.6. The maximum atomic E-state index is 13.0. The van der Waals surface area contributed by atoms with Crippen molar-refractivity contribution in [1.29, 1.82) is 0 Å². The molecule has 0 aliphatic heterocycles. The van der Waals surface area contributed by atoms with Crippen molar-refractivity contribution < 1.29 is 9.18 Å². The van der Waals surface area contributed by atoms with Crippen LogP contribution in [0.15, 0.2) is 24.3 Å². The fraction of sp³-hybridized carbons (Fsp3) is 0.533. The van der Waals surface area contributed by atoms with Crippen molar-refractivity contribution in [1.82, 2.24) is 15.5 Å². The molecule has 1 aliphatic rings. The molecule has 0 unspecified atom stereocenters. The van der Waals surface area contributed by atoms with Crippen LogP contribution in [0.1, 0.15) is 24.8 Å². The highest BCUT2D eigenvalue weighted by molar-refractivity contribution is 5.75. The van der Waals surface area contributed by atoms with Crippen LogP contribution < -0.4 is 10.6 Å². The minimum absolute atomic E-state index is 0.157. The second-order valence-corrected chi connectivity index (χ2v) is 5.63. The largest absolute Gasteiger partial charge is 0.337 e. The van der Waals surface area contributed by atoms with Crippen LogP contribution in [-0.4, -0.2) is 38.1 Å². The lowest BCUT2D eigenvalue weighted by Gasteiger charge is -2.43. The van der Waals surface area contributed by atoms with Gasteiger partial charge in [-0.25, -0.2) is 9.18 Å². The van der Waals surface area contributed by atoms with E-state index < -0.39 is 0 Å². The molecule has 0 aromatic heterocycles. The molecule has 5 heteroatoms. The Morgan fingerprint density at radius 1 is 1.30 bits per heavy atom. The van der Waals surface area contributed by atoms with E-state index in [1.165, 1.54) is 12.1 Å². The maximum Gasteiger partial charge on any atom is 0.315 e. The van der Waals surface area contributed by atoms with Crippen molar-refractivity contribution >= 4 is 6.03 Å². The summed E-state index contributed by atoms with van der Waals surface area (Å²) in [5.41, 5.74) is 0.656. The Kier molecular flexibility index (Phi) is 4.60. The number of carbonyl (C=O) groups is 1. The lowest BCUT2D eigenvalue weighted by molar-refractivity contribution is 0.177. The smallest absolute Gasteiger partial charge is 0.315 e. The number of nitrogens with one attached hydrogen (secondary N) is 2. The Hall–Kier alpha value is -1.62. The maximum absolute atomic E-state index is 13.0. The van der Waals surface area contributed by atoms with Gasteiger partial charge in [-0.15, -0.1) is 0 Å². The first-order chi connectivity index (χ1) is 9.52. The summed E-state index contributed by atoms with van der Waals surface area (Å²) in [6.45, 7) is 1.41. The molecule has 2 rings (SSSR count). The number of hydrogen-bond donors (Lipinski definition) is 2. The predicted octanol–water partition coefficient (Wildman–Crippen LogP) is 2.07. The van der Waals surface area contributed by atoms with Crippen molar-refractivity contribution in [3.8, 4) is 0 Å². The molecule has 110 valence electrons. The Morgan fingerprint density at radius 3 is 2.45 bits per heavy atom. The molecule has 2 amide bonds. The number of hydrogen-bond acceptors (Lipinski definition) is 2. The summed E-state index contributed by atoms with van der Waals surface area (Å²) < 4.78 is 13.0. The van der Waals surface area contributed by atoms with Gasteiger partial charge in [0.05, 0.1) is 5.54 Å². The molecule has 1 aliphatic carbocycles. The first kappa shape index (κ1) is 14.8. The summed E-state index contributed by atoms with van der Waals surface area (Å²) in [5.74, 6) is -0.251. The van der Waals surface area contributed by atoms with E-state index in [4.69, 9.17) is 0 Å². The van der Waals surface area contributed by atoms with E-state index in [0.29, 0.717) is 6.54 Å². The zero-order valence-electron chi connectivity index (χ0n) is 12.1. The molecule has 1 saturated carbocycles. The Labute approximate surface area is 119 Å². The number of halogens is 1. The lowest BCUT2D eigenvalue weighted by atomic mass is 9.72. The van der Waals surface area contributed by atoms with Crippen molar-refractivity contribution in [2.75, 3.05) is 27.2 Å². The number of urea groups is 1. The van der Waals surface area contributed by atoms with Crippen molar-refractivity contribution in [2.24, 2.45) is 0 Å². The van der Waals surface area contributed by atoms with E-state index in [0.717, 1.165) is 31.4 Å². The summed E-state index contributed by atoms with van der Waals surface area (Å²) in [5, 5.41) is 5.90. The van der Waals surface area contributed by atoms with Crippen LogP contribution in [0.5, 0.6) is 0 Å². The minimum atomic E-state index is -0.324. The zero-order valence-corrected chi connectivity index (χ0v) is 12.1. The molecule has 1 aromatic rings. The van der Waals surface area contributed by atoms with E-state index in [-0.39, 0.29) is 17.4 Å². The molecule has 1 fully saturated rings. The highest BCUT2D eigenvalue weighted by Crippen LogP contribution is 2.41. The van der Waals surface area contributed by atoms with E-state index in [2.05, 4.69) is 10.6 Å². The molecule has 4 nitrogen and oxygen atoms in total. The molecule has 0 atom stereocenters. The van der Waals surface area contributed by atoms with Gasteiger partial charge < -0.3 is 15.5 Å². The Balaban J connectivity index is 1.94. The third-order valence-electron chi connectivity index (χ3n) is 3.80. The van der Waals surface area contributed by atoms with Gasteiger partial charge >= 0.3 is 6.03 Å². The van der Waals surface area contributed by atoms with Gasteiger partial charge in [-0.1, -0.05) is 12.1 Å². The number of likely N-dealkylation sites (N-methyl/N-ethyl adjacent to an activating group) is 1. The SMILES string of the molecule is CN(C)CCNC(=O)NC1(c2ccc(F)cc2)CCC1. The summed E-state index contributed by atoms with van der Waals surface area (Å²) in [7, 11) is 3.93. The molecular weight excluding hydrogens is 257 g/mol. The molecule has 20 heavy (non-hydrogen) atoms. The molecule has 0 saturated heterocycles. The van der Waals surface area contributed by atoms with Gasteiger partial charge in [0.1, 0.15) is 5.82 Å². The monoisotopic (exact) mass is 279 g/mol. The van der Waals surface area contributed by atoms with E-state index in [1.807, 2.05) is 19.0 Å². The van der Waals surface area contributed by atoms with Crippen LogP contribution >= 0.6 is 0 Å². The third-order valence-corrected chi connectivity index (χ3v) is 3.80. The standard InChI is InChI=1S/C15H22FN3O/c1-19(2)11-10-17-14(20)18-15(8-3-9-15)12-4-6-13(16)7-5-12/h4-7H,3,8-11H2,1-2H3,(H2,17,18,20). The number of rotatable bonds is 5. The average molecular weight is 279 g/mol. The summed E-state index contributed by atoms with van der Waals surface area (Å²) in [4.78, 5) is 14.0. The zero-order chi connectivity index (χ0) is 14.6. The molecule has 0 radical (unpaired) electrons. The van der Waals surface area contributed by atoms with Crippen molar-refractivity contribution in [3.63, 3.8) is 0 Å². The molecule has 2 N–H and O–H groups in total. The summed E-state index contributed by atoms with van der Waals surface area (Å²) in [6.07, 6.45) is 2.88. The molecule has 0 heterocycles. The molecular formula is C15H22FN3O. The fourth-order valence-electron chi connectivity index (χ4n) is 2.44. The van der Waals surface area contributed by atoms with Gasteiger partial charge in [-0.05, 0) is 51.1 Å². The summed E-state index contributed by atoms with van der Waals surface area (Å²) in [6, 6.07) is 6.25. The highest BCUT2D eigenvalue weighted by atomic mass is 19.1. The van der Waals surface area contributed by atoms with E-state index in [1.54, 1.807) is 12.1 Å².